The lowest BCUT2D eigenvalue weighted by Gasteiger charge is -2.26. The molecule has 0 atom stereocenters. The van der Waals surface area contributed by atoms with E-state index in [2.05, 4.69) is 20.2 Å². The van der Waals surface area contributed by atoms with Crippen molar-refractivity contribution in [3.8, 4) is 11.5 Å². The van der Waals surface area contributed by atoms with Crippen molar-refractivity contribution in [1.29, 1.82) is 0 Å². The molecule has 1 N–H and O–H groups in total. The predicted octanol–water partition coefficient (Wildman–Crippen LogP) is 2.43. The highest BCUT2D eigenvalue weighted by Gasteiger charge is 2.18. The number of nitrogens with zero attached hydrogens (tertiary/aromatic N) is 3. The smallest absolute Gasteiger partial charge is 0.254 e. The Morgan fingerprint density at radius 2 is 2.00 bits per heavy atom. The molecule has 1 fully saturated rings. The lowest BCUT2D eigenvalue weighted by Crippen LogP contribution is -2.31. The van der Waals surface area contributed by atoms with Crippen LogP contribution in [0.15, 0.2) is 24.4 Å². The van der Waals surface area contributed by atoms with Crippen LogP contribution in [0.5, 0.6) is 11.5 Å². The van der Waals surface area contributed by atoms with Crippen LogP contribution in [-0.2, 0) is 6.54 Å². The summed E-state index contributed by atoms with van der Waals surface area (Å²) in [6.45, 7) is 4.46. The summed E-state index contributed by atoms with van der Waals surface area (Å²) >= 11 is 0. The van der Waals surface area contributed by atoms with Gasteiger partial charge in [0.05, 0.1) is 11.3 Å². The van der Waals surface area contributed by atoms with E-state index in [-0.39, 0.29) is 12.7 Å². The van der Waals surface area contributed by atoms with Gasteiger partial charge >= 0.3 is 0 Å². The van der Waals surface area contributed by atoms with Gasteiger partial charge in [0.2, 0.25) is 12.7 Å². The highest BCUT2D eigenvalue weighted by molar-refractivity contribution is 5.94. The van der Waals surface area contributed by atoms with Crippen LogP contribution >= 0.6 is 0 Å². The molecule has 4 rings (SSSR count). The summed E-state index contributed by atoms with van der Waals surface area (Å²) in [7, 11) is 0. The summed E-state index contributed by atoms with van der Waals surface area (Å²) in [5.74, 6) is 1.99. The van der Waals surface area contributed by atoms with E-state index in [4.69, 9.17) is 9.47 Å². The number of ether oxygens (including phenoxy) is 2. The molecule has 0 bridgehead atoms. The van der Waals surface area contributed by atoms with E-state index < -0.39 is 0 Å². The van der Waals surface area contributed by atoms with E-state index in [0.717, 1.165) is 30.4 Å². The molecular formula is C19H22N4O3. The molecule has 0 unspecified atom stereocenters. The van der Waals surface area contributed by atoms with Crippen molar-refractivity contribution in [2.75, 3.05) is 24.8 Å². The number of nitrogens with one attached hydrogen (secondary N) is 1. The average molecular weight is 354 g/mol. The predicted molar refractivity (Wildman–Crippen MR) is 96.6 cm³/mol. The van der Waals surface area contributed by atoms with Crippen molar-refractivity contribution in [3.63, 3.8) is 0 Å². The van der Waals surface area contributed by atoms with Crippen molar-refractivity contribution < 1.29 is 14.3 Å². The zero-order valence-corrected chi connectivity index (χ0v) is 14.8. The minimum Gasteiger partial charge on any atom is -0.454 e. The normalized spacial score (nSPS) is 15.8. The Morgan fingerprint density at radius 3 is 2.81 bits per heavy atom. The van der Waals surface area contributed by atoms with Crippen molar-refractivity contribution in [3.05, 3.63) is 41.2 Å². The highest BCUT2D eigenvalue weighted by atomic mass is 16.7. The maximum Gasteiger partial charge on any atom is 0.254 e. The number of hydrogen-bond acceptors (Lipinski definition) is 6. The number of aryl methyl sites for hydroxylation is 1. The molecule has 136 valence electrons. The van der Waals surface area contributed by atoms with Gasteiger partial charge in [-0.1, -0.05) is 6.07 Å². The molecule has 7 nitrogen and oxygen atoms in total. The van der Waals surface area contributed by atoms with Crippen molar-refractivity contribution in [2.24, 2.45) is 0 Å². The Kier molecular flexibility index (Phi) is 4.60. The zero-order chi connectivity index (χ0) is 17.9. The maximum absolute atomic E-state index is 12.5. The van der Waals surface area contributed by atoms with Crippen LogP contribution in [0.1, 0.15) is 40.9 Å². The van der Waals surface area contributed by atoms with Gasteiger partial charge in [0.1, 0.15) is 0 Å². The number of rotatable bonds is 4. The van der Waals surface area contributed by atoms with Crippen LogP contribution < -0.4 is 19.7 Å². The number of carbonyl (C=O) groups excluding carboxylic acids is 1. The second-order valence-corrected chi connectivity index (χ2v) is 6.59. The summed E-state index contributed by atoms with van der Waals surface area (Å²) in [6, 6.07) is 5.65. The van der Waals surface area contributed by atoms with Crippen LogP contribution in [0.2, 0.25) is 0 Å². The third-order valence-corrected chi connectivity index (χ3v) is 4.74. The number of hydrogen-bond donors (Lipinski definition) is 1. The first-order valence-electron chi connectivity index (χ1n) is 8.96. The fourth-order valence-electron chi connectivity index (χ4n) is 3.25. The SMILES string of the molecule is Cc1nc(N2CCCCC2)ncc1C(=O)NCc1ccc2c(c1)OCO2. The molecule has 2 aliphatic rings. The molecule has 0 radical (unpaired) electrons. The van der Waals surface area contributed by atoms with E-state index in [1.165, 1.54) is 19.3 Å². The minimum absolute atomic E-state index is 0.176. The van der Waals surface area contributed by atoms with Gasteiger partial charge in [0, 0.05) is 25.8 Å². The molecule has 0 spiro atoms. The van der Waals surface area contributed by atoms with E-state index in [9.17, 15) is 4.79 Å². The topological polar surface area (TPSA) is 76.6 Å². The number of aromatic nitrogens is 2. The Hall–Kier alpha value is -2.83. The van der Waals surface area contributed by atoms with E-state index >= 15 is 0 Å². The molecule has 3 heterocycles. The number of benzene rings is 1. The first-order valence-corrected chi connectivity index (χ1v) is 8.96. The summed E-state index contributed by atoms with van der Waals surface area (Å²) in [5.41, 5.74) is 2.15. The number of fused-ring (bicyclic) bond motifs is 1. The second kappa shape index (κ2) is 7.19. The molecule has 26 heavy (non-hydrogen) atoms. The van der Waals surface area contributed by atoms with Crippen molar-refractivity contribution in [2.45, 2.75) is 32.7 Å². The van der Waals surface area contributed by atoms with Gasteiger partial charge in [-0.05, 0) is 43.9 Å². The van der Waals surface area contributed by atoms with Crippen LogP contribution in [0.25, 0.3) is 0 Å². The fraction of sp³-hybridized carbons (Fsp3) is 0.421. The number of anilines is 1. The van der Waals surface area contributed by atoms with Gasteiger partial charge in [-0.3, -0.25) is 4.79 Å². The average Bonchev–Trinajstić information content (AvgIpc) is 3.14. The Labute approximate surface area is 152 Å². The van der Waals surface area contributed by atoms with Gasteiger partial charge in [-0.25, -0.2) is 9.97 Å². The summed E-state index contributed by atoms with van der Waals surface area (Å²) in [6.07, 6.45) is 5.22. The van der Waals surface area contributed by atoms with E-state index in [0.29, 0.717) is 23.6 Å². The standard InChI is InChI=1S/C19H22N4O3/c1-13-15(11-21-19(22-13)23-7-3-2-4-8-23)18(24)20-10-14-5-6-16-17(9-14)26-12-25-16/h5-6,9,11H,2-4,7-8,10,12H2,1H3,(H,20,24). The van der Waals surface area contributed by atoms with E-state index in [1.54, 1.807) is 6.20 Å². The van der Waals surface area contributed by atoms with Crippen molar-refractivity contribution in [1.82, 2.24) is 15.3 Å². The third kappa shape index (κ3) is 3.42. The summed E-state index contributed by atoms with van der Waals surface area (Å²) in [5, 5.41) is 2.92. The molecule has 2 aromatic rings. The van der Waals surface area contributed by atoms with Gasteiger partial charge in [-0.15, -0.1) is 0 Å². The van der Waals surface area contributed by atoms with Gasteiger partial charge in [0.15, 0.2) is 11.5 Å². The lowest BCUT2D eigenvalue weighted by atomic mass is 10.1. The van der Waals surface area contributed by atoms with Gasteiger partial charge < -0.3 is 19.7 Å². The number of carbonyl (C=O) groups is 1. The zero-order valence-electron chi connectivity index (χ0n) is 14.8. The summed E-state index contributed by atoms with van der Waals surface area (Å²) in [4.78, 5) is 23.6. The molecular weight excluding hydrogens is 332 g/mol. The maximum atomic E-state index is 12.5. The van der Waals surface area contributed by atoms with Crippen LogP contribution in [-0.4, -0.2) is 35.8 Å². The third-order valence-electron chi connectivity index (χ3n) is 4.74. The Balaban J connectivity index is 1.41. The molecule has 1 saturated heterocycles. The number of amides is 1. The van der Waals surface area contributed by atoms with Crippen molar-refractivity contribution >= 4 is 11.9 Å². The molecule has 0 aliphatic carbocycles. The molecule has 7 heteroatoms. The molecule has 2 aliphatic heterocycles. The number of piperidine rings is 1. The molecule has 1 amide bonds. The summed E-state index contributed by atoms with van der Waals surface area (Å²) < 4.78 is 10.7. The molecule has 1 aromatic heterocycles. The van der Waals surface area contributed by atoms with Crippen LogP contribution in [0.4, 0.5) is 5.95 Å². The highest BCUT2D eigenvalue weighted by Crippen LogP contribution is 2.32. The Bertz CT molecular complexity index is 818. The molecule has 1 aromatic carbocycles. The molecule has 0 saturated carbocycles. The van der Waals surface area contributed by atoms with Crippen LogP contribution in [0, 0.1) is 6.92 Å². The largest absolute Gasteiger partial charge is 0.454 e. The second-order valence-electron chi connectivity index (χ2n) is 6.59. The van der Waals surface area contributed by atoms with E-state index in [1.807, 2.05) is 25.1 Å². The van der Waals surface area contributed by atoms with Gasteiger partial charge in [-0.2, -0.15) is 0 Å². The fourth-order valence-corrected chi connectivity index (χ4v) is 3.25. The first kappa shape index (κ1) is 16.6. The van der Waals surface area contributed by atoms with Crippen LogP contribution in [0.3, 0.4) is 0 Å². The first-order chi connectivity index (χ1) is 12.7. The van der Waals surface area contributed by atoms with Gasteiger partial charge in [0.25, 0.3) is 5.91 Å². The Morgan fingerprint density at radius 1 is 1.19 bits per heavy atom. The lowest BCUT2D eigenvalue weighted by molar-refractivity contribution is 0.0949. The monoisotopic (exact) mass is 354 g/mol. The quantitative estimate of drug-likeness (QED) is 0.909. The minimum atomic E-state index is -0.176.